The zero-order valence-corrected chi connectivity index (χ0v) is 36.8. The van der Waals surface area contributed by atoms with Crippen molar-refractivity contribution in [1.82, 2.24) is 24.1 Å². The maximum Gasteiger partial charge on any atom is 0.164 e. The van der Waals surface area contributed by atoms with Crippen LogP contribution in [0.15, 0.2) is 237 Å². The second-order valence-corrected chi connectivity index (χ2v) is 17.5. The van der Waals surface area contributed by atoms with Crippen LogP contribution in [0.5, 0.6) is 0 Å². The summed E-state index contributed by atoms with van der Waals surface area (Å²) in [6.45, 7) is 0. The molecule has 0 unspecified atom stereocenters. The van der Waals surface area contributed by atoms with Crippen LogP contribution in [0, 0.1) is 0 Å². The van der Waals surface area contributed by atoms with E-state index in [9.17, 15) is 0 Å². The number of para-hydroxylation sites is 2. The lowest BCUT2D eigenvalue weighted by atomic mass is 10.0. The lowest BCUT2D eigenvalue weighted by Crippen LogP contribution is -2.02. The molecule has 0 aliphatic rings. The number of aromatic nitrogens is 5. The molecule has 11 aromatic carbocycles. The van der Waals surface area contributed by atoms with Crippen LogP contribution in [0.3, 0.4) is 0 Å². The highest BCUT2D eigenvalue weighted by Crippen LogP contribution is 2.46. The van der Waals surface area contributed by atoms with Crippen molar-refractivity contribution in [2.45, 2.75) is 0 Å². The van der Waals surface area contributed by atoms with Crippen molar-refractivity contribution in [2.75, 3.05) is 0 Å². The normalized spacial score (nSPS) is 11.8. The molecule has 0 spiro atoms. The molecule has 68 heavy (non-hydrogen) atoms. The fraction of sp³-hybridized carbons (Fsp3) is 0. The van der Waals surface area contributed by atoms with Gasteiger partial charge in [0, 0.05) is 49.0 Å². The highest BCUT2D eigenvalue weighted by molar-refractivity contribution is 6.25. The third-order valence-electron chi connectivity index (χ3n) is 13.7. The van der Waals surface area contributed by atoms with Crippen LogP contribution in [0.2, 0.25) is 0 Å². The predicted molar refractivity (Wildman–Crippen MR) is 283 cm³/mol. The summed E-state index contributed by atoms with van der Waals surface area (Å²) < 4.78 is 5.00. The lowest BCUT2D eigenvalue weighted by Gasteiger charge is -2.17. The molecule has 5 heteroatoms. The van der Waals surface area contributed by atoms with E-state index < -0.39 is 0 Å². The van der Waals surface area contributed by atoms with Gasteiger partial charge in [0.25, 0.3) is 0 Å². The van der Waals surface area contributed by atoms with Gasteiger partial charge in [-0.2, -0.15) is 0 Å². The summed E-state index contributed by atoms with van der Waals surface area (Å²) in [6, 6.07) is 84.6. The highest BCUT2D eigenvalue weighted by Gasteiger charge is 2.24. The molecular weight excluding hydrogens is 827 g/mol. The SMILES string of the molecule is c1ccc(-c2cccc(-c3nc(-c4ccccc4)nc(-c4ccc(-n5c6ccccc6c6c(-n7c8ccccc8c8c9ccccc9ccc87)c7ccccc7cc65)c5ccccc45)n3)c2)cc1. The van der Waals surface area contributed by atoms with Crippen LogP contribution < -0.4 is 0 Å². The molecule has 3 heterocycles. The first-order valence-corrected chi connectivity index (χ1v) is 23.1. The first kappa shape index (κ1) is 38.1. The number of hydrogen-bond acceptors (Lipinski definition) is 3. The maximum atomic E-state index is 5.29. The molecule has 316 valence electrons. The van der Waals surface area contributed by atoms with Crippen molar-refractivity contribution in [3.05, 3.63) is 237 Å². The summed E-state index contributed by atoms with van der Waals surface area (Å²) in [5.74, 6) is 1.87. The summed E-state index contributed by atoms with van der Waals surface area (Å²) in [5.41, 5.74) is 11.9. The van der Waals surface area contributed by atoms with Crippen molar-refractivity contribution in [3.63, 3.8) is 0 Å². The van der Waals surface area contributed by atoms with E-state index in [0.29, 0.717) is 17.5 Å². The molecule has 0 N–H and O–H groups in total. The van der Waals surface area contributed by atoms with Gasteiger partial charge in [-0.3, -0.25) is 0 Å². The first-order valence-electron chi connectivity index (χ1n) is 23.1. The summed E-state index contributed by atoms with van der Waals surface area (Å²) >= 11 is 0. The zero-order chi connectivity index (χ0) is 44.7. The van der Waals surface area contributed by atoms with E-state index in [1.165, 1.54) is 59.8 Å². The minimum atomic E-state index is 0.621. The molecule has 14 rings (SSSR count). The number of hydrogen-bond donors (Lipinski definition) is 0. The van der Waals surface area contributed by atoms with E-state index in [-0.39, 0.29) is 0 Å². The smallest absolute Gasteiger partial charge is 0.164 e. The van der Waals surface area contributed by atoms with Gasteiger partial charge < -0.3 is 9.13 Å². The van der Waals surface area contributed by atoms with E-state index >= 15 is 0 Å². The van der Waals surface area contributed by atoms with Crippen LogP contribution in [0.1, 0.15) is 0 Å². The van der Waals surface area contributed by atoms with Crippen LogP contribution in [0.25, 0.3) is 133 Å². The largest absolute Gasteiger partial charge is 0.309 e. The Morgan fingerprint density at radius 2 is 0.809 bits per heavy atom. The Labute approximate surface area is 391 Å². The highest BCUT2D eigenvalue weighted by atomic mass is 15.0. The van der Waals surface area contributed by atoms with Crippen LogP contribution in [-0.4, -0.2) is 24.1 Å². The first-order chi connectivity index (χ1) is 33.7. The molecule has 0 bridgehead atoms. The molecule has 0 aliphatic heterocycles. The quantitative estimate of drug-likeness (QED) is 0.167. The fourth-order valence-corrected chi connectivity index (χ4v) is 10.7. The number of benzene rings is 11. The Bertz CT molecular complexity index is 4320. The fourth-order valence-electron chi connectivity index (χ4n) is 10.7. The molecule has 5 nitrogen and oxygen atoms in total. The molecule has 14 aromatic rings. The topological polar surface area (TPSA) is 48.5 Å². The summed E-state index contributed by atoms with van der Waals surface area (Å²) in [5, 5.41) is 11.9. The third kappa shape index (κ3) is 5.86. The van der Waals surface area contributed by atoms with Crippen LogP contribution in [-0.2, 0) is 0 Å². The molecular formula is C63H39N5. The molecule has 0 aliphatic carbocycles. The van der Waals surface area contributed by atoms with Gasteiger partial charge in [0.15, 0.2) is 17.5 Å². The van der Waals surface area contributed by atoms with Gasteiger partial charge in [0.1, 0.15) is 0 Å². The molecule has 0 atom stereocenters. The average Bonchev–Trinajstić information content (AvgIpc) is 3.93. The zero-order valence-electron chi connectivity index (χ0n) is 36.8. The van der Waals surface area contributed by atoms with Crippen molar-refractivity contribution >= 4 is 75.9 Å². The molecule has 0 saturated heterocycles. The summed E-state index contributed by atoms with van der Waals surface area (Å²) in [6.07, 6.45) is 0. The van der Waals surface area contributed by atoms with Crippen molar-refractivity contribution < 1.29 is 0 Å². The van der Waals surface area contributed by atoms with Gasteiger partial charge in [-0.1, -0.05) is 194 Å². The second kappa shape index (κ2) is 15.2. The van der Waals surface area contributed by atoms with Gasteiger partial charge in [-0.25, -0.2) is 15.0 Å². The monoisotopic (exact) mass is 865 g/mol. The third-order valence-corrected chi connectivity index (χ3v) is 13.7. The summed E-state index contributed by atoms with van der Waals surface area (Å²) in [4.78, 5) is 15.6. The standard InChI is InChI=1S/C63H39N5/c1-3-18-40(19-4-1)43-24-17-25-45(38-43)62-64-61(42-21-5-2-6-22-42)65-63(66-62)50-35-37-55(49-29-12-11-28-48(49)50)67-53-32-15-14-31-52(53)59-57(67)39-44-23-8-10-27-47(44)60(59)68-54-33-16-13-30-51(54)58-46-26-9-7-20-41(46)34-36-56(58)68/h1-39H. The van der Waals surface area contributed by atoms with E-state index in [0.717, 1.165) is 55.3 Å². The van der Waals surface area contributed by atoms with E-state index in [1.54, 1.807) is 0 Å². The molecule has 3 aromatic heterocycles. The Morgan fingerprint density at radius 3 is 1.57 bits per heavy atom. The predicted octanol–water partition coefficient (Wildman–Crippen LogP) is 16.2. The van der Waals surface area contributed by atoms with Gasteiger partial charge in [-0.15, -0.1) is 0 Å². The Hall–Kier alpha value is -9.19. The van der Waals surface area contributed by atoms with Crippen molar-refractivity contribution in [2.24, 2.45) is 0 Å². The molecule has 0 fully saturated rings. The van der Waals surface area contributed by atoms with Crippen molar-refractivity contribution in [3.8, 4) is 56.7 Å². The number of rotatable bonds is 6. The van der Waals surface area contributed by atoms with E-state index in [2.05, 4.69) is 221 Å². The Balaban J connectivity index is 1.03. The van der Waals surface area contributed by atoms with E-state index in [4.69, 9.17) is 15.0 Å². The summed E-state index contributed by atoms with van der Waals surface area (Å²) in [7, 11) is 0. The number of fused-ring (bicyclic) bond motifs is 10. The van der Waals surface area contributed by atoms with Gasteiger partial charge in [0.05, 0.1) is 33.4 Å². The Kier molecular flexibility index (Phi) is 8.52. The van der Waals surface area contributed by atoms with E-state index in [1.807, 2.05) is 24.3 Å². The van der Waals surface area contributed by atoms with Crippen molar-refractivity contribution in [1.29, 1.82) is 0 Å². The average molecular weight is 866 g/mol. The van der Waals surface area contributed by atoms with Gasteiger partial charge >= 0.3 is 0 Å². The van der Waals surface area contributed by atoms with Crippen LogP contribution >= 0.6 is 0 Å². The lowest BCUT2D eigenvalue weighted by molar-refractivity contribution is 1.08. The van der Waals surface area contributed by atoms with Gasteiger partial charge in [0.2, 0.25) is 0 Å². The van der Waals surface area contributed by atoms with Gasteiger partial charge in [-0.05, 0) is 75.1 Å². The molecule has 0 saturated carbocycles. The minimum absolute atomic E-state index is 0.621. The number of nitrogens with zero attached hydrogens (tertiary/aromatic N) is 5. The van der Waals surface area contributed by atoms with Crippen LogP contribution in [0.4, 0.5) is 0 Å². The molecule has 0 amide bonds. The Morgan fingerprint density at radius 1 is 0.265 bits per heavy atom. The minimum Gasteiger partial charge on any atom is -0.309 e. The maximum absolute atomic E-state index is 5.29. The second-order valence-electron chi connectivity index (χ2n) is 17.5. The molecule has 0 radical (unpaired) electrons.